The van der Waals surface area contributed by atoms with Crippen LogP contribution in [0.15, 0.2) is 33.2 Å². The van der Waals surface area contributed by atoms with Crippen molar-refractivity contribution in [2.45, 2.75) is 13.3 Å². The number of rotatable bonds is 5. The van der Waals surface area contributed by atoms with Crippen LogP contribution in [0.2, 0.25) is 0 Å². The summed E-state index contributed by atoms with van der Waals surface area (Å²) in [5.41, 5.74) is 1.68. The molecule has 86 valence electrons. The Hall–Kier alpha value is -0.610. The monoisotopic (exact) mass is 346 g/mol. The summed E-state index contributed by atoms with van der Waals surface area (Å²) in [7, 11) is 0. The number of ether oxygens (including phenoxy) is 1. The highest BCUT2D eigenvalue weighted by Crippen LogP contribution is 2.34. The fourth-order valence-corrected chi connectivity index (χ4v) is 2.56. The number of hydrogen-bond acceptors (Lipinski definition) is 2. The molecule has 1 rings (SSSR count). The maximum Gasteiger partial charge on any atom is 0.150 e. The molecular formula is C12H12Br2O2. The molecule has 0 spiro atoms. The van der Waals surface area contributed by atoms with Crippen LogP contribution in [0.3, 0.4) is 0 Å². The van der Waals surface area contributed by atoms with Crippen LogP contribution < -0.4 is 4.74 Å². The zero-order valence-electron chi connectivity index (χ0n) is 8.93. The topological polar surface area (TPSA) is 26.3 Å². The molecule has 1 aromatic carbocycles. The van der Waals surface area contributed by atoms with Gasteiger partial charge in [-0.25, -0.2) is 0 Å². The van der Waals surface area contributed by atoms with Crippen LogP contribution in [0, 0.1) is 0 Å². The van der Waals surface area contributed by atoms with Gasteiger partial charge in [-0.15, -0.1) is 6.58 Å². The van der Waals surface area contributed by atoms with E-state index in [0.29, 0.717) is 17.9 Å². The van der Waals surface area contributed by atoms with E-state index in [1.165, 1.54) is 0 Å². The third-order valence-electron chi connectivity index (χ3n) is 1.93. The van der Waals surface area contributed by atoms with Crippen molar-refractivity contribution >= 4 is 38.1 Å². The second kappa shape index (κ2) is 6.21. The average Bonchev–Trinajstić information content (AvgIpc) is 2.21. The third-order valence-corrected chi connectivity index (χ3v) is 3.11. The molecule has 0 atom stereocenters. The van der Waals surface area contributed by atoms with Gasteiger partial charge in [-0.3, -0.25) is 4.79 Å². The van der Waals surface area contributed by atoms with Crippen molar-refractivity contribution in [2.75, 3.05) is 6.61 Å². The summed E-state index contributed by atoms with van der Waals surface area (Å²) in [6.45, 7) is 6.35. The van der Waals surface area contributed by atoms with E-state index in [-0.39, 0.29) is 0 Å². The summed E-state index contributed by atoms with van der Waals surface area (Å²) in [5.74, 6) is 0.715. The second-order valence-corrected chi connectivity index (χ2v) is 5.20. The van der Waals surface area contributed by atoms with E-state index in [1.807, 2.05) is 6.92 Å². The Kier molecular flexibility index (Phi) is 5.22. The summed E-state index contributed by atoms with van der Waals surface area (Å²) in [4.78, 5) is 10.6. The SMILES string of the molecule is C=C(C)CCOc1c(Br)cc(C=O)cc1Br. The van der Waals surface area contributed by atoms with Crippen LogP contribution in [-0.4, -0.2) is 12.9 Å². The number of hydrogen-bond donors (Lipinski definition) is 0. The third kappa shape index (κ3) is 3.76. The van der Waals surface area contributed by atoms with Crippen molar-refractivity contribution in [1.29, 1.82) is 0 Å². The lowest BCUT2D eigenvalue weighted by Gasteiger charge is -2.10. The van der Waals surface area contributed by atoms with Gasteiger partial charge in [0.1, 0.15) is 12.0 Å². The number of aldehydes is 1. The van der Waals surface area contributed by atoms with Crippen LogP contribution in [0.5, 0.6) is 5.75 Å². The zero-order valence-corrected chi connectivity index (χ0v) is 12.1. The lowest BCUT2D eigenvalue weighted by atomic mass is 10.2. The number of halogens is 2. The van der Waals surface area contributed by atoms with Crippen LogP contribution in [-0.2, 0) is 0 Å². The molecule has 16 heavy (non-hydrogen) atoms. The van der Waals surface area contributed by atoms with Gasteiger partial charge in [0, 0.05) is 12.0 Å². The van der Waals surface area contributed by atoms with E-state index in [1.54, 1.807) is 12.1 Å². The maximum absolute atomic E-state index is 10.6. The molecule has 0 aliphatic rings. The lowest BCUT2D eigenvalue weighted by Crippen LogP contribution is -1.99. The number of benzene rings is 1. The molecule has 0 heterocycles. The predicted molar refractivity (Wildman–Crippen MR) is 72.2 cm³/mol. The Morgan fingerprint density at radius 2 is 2.00 bits per heavy atom. The highest BCUT2D eigenvalue weighted by Gasteiger charge is 2.08. The van der Waals surface area contributed by atoms with Gasteiger partial charge >= 0.3 is 0 Å². The first-order valence-electron chi connectivity index (χ1n) is 4.76. The summed E-state index contributed by atoms with van der Waals surface area (Å²) < 4.78 is 7.15. The van der Waals surface area contributed by atoms with E-state index in [2.05, 4.69) is 38.4 Å². The normalized spacial score (nSPS) is 9.94. The first-order valence-corrected chi connectivity index (χ1v) is 6.34. The fourth-order valence-electron chi connectivity index (χ4n) is 1.11. The molecular weight excluding hydrogens is 336 g/mol. The molecule has 0 aliphatic heterocycles. The molecule has 0 saturated carbocycles. The van der Waals surface area contributed by atoms with Gasteiger partial charge < -0.3 is 4.74 Å². The summed E-state index contributed by atoms with van der Waals surface area (Å²) in [6.07, 6.45) is 1.61. The molecule has 0 bridgehead atoms. The molecule has 4 heteroatoms. The molecule has 0 fully saturated rings. The minimum atomic E-state index is 0.576. The van der Waals surface area contributed by atoms with Crippen LogP contribution in [0.1, 0.15) is 23.7 Å². The van der Waals surface area contributed by atoms with E-state index >= 15 is 0 Å². The van der Waals surface area contributed by atoms with E-state index < -0.39 is 0 Å². The van der Waals surface area contributed by atoms with Crippen molar-refractivity contribution < 1.29 is 9.53 Å². The summed E-state index contributed by atoms with van der Waals surface area (Å²) in [6, 6.07) is 3.46. The minimum Gasteiger partial charge on any atom is -0.491 e. The summed E-state index contributed by atoms with van der Waals surface area (Å²) in [5, 5.41) is 0. The maximum atomic E-state index is 10.6. The quantitative estimate of drug-likeness (QED) is 0.584. The van der Waals surface area contributed by atoms with Gasteiger partial charge in [-0.05, 0) is 50.9 Å². The molecule has 1 aromatic rings. The molecule has 0 N–H and O–H groups in total. The van der Waals surface area contributed by atoms with Crippen molar-refractivity contribution in [3.63, 3.8) is 0 Å². The Bertz CT molecular complexity index is 390. The number of carbonyl (C=O) groups excluding carboxylic acids is 1. The Labute approximate surface area is 112 Å². The molecule has 0 radical (unpaired) electrons. The standard InChI is InChI=1S/C12H12Br2O2/c1-8(2)3-4-16-12-10(13)5-9(7-15)6-11(12)14/h5-7H,1,3-4H2,2H3. The molecule has 0 aromatic heterocycles. The van der Waals surface area contributed by atoms with Crippen molar-refractivity contribution in [1.82, 2.24) is 0 Å². The van der Waals surface area contributed by atoms with Gasteiger partial charge in [0.05, 0.1) is 15.6 Å². The lowest BCUT2D eigenvalue weighted by molar-refractivity contribution is 0.112. The highest BCUT2D eigenvalue weighted by molar-refractivity contribution is 9.11. The van der Waals surface area contributed by atoms with E-state index in [4.69, 9.17) is 4.74 Å². The van der Waals surface area contributed by atoms with E-state index in [0.717, 1.165) is 27.2 Å². The molecule has 0 amide bonds. The van der Waals surface area contributed by atoms with Crippen molar-refractivity contribution in [3.8, 4) is 5.75 Å². The fraction of sp³-hybridized carbons (Fsp3) is 0.250. The Morgan fingerprint density at radius 3 is 2.44 bits per heavy atom. The first kappa shape index (κ1) is 13.5. The summed E-state index contributed by atoms with van der Waals surface area (Å²) >= 11 is 6.74. The predicted octanol–water partition coefficient (Wildman–Crippen LogP) is 4.37. The molecule has 0 unspecified atom stereocenters. The molecule has 0 aliphatic carbocycles. The van der Waals surface area contributed by atoms with E-state index in [9.17, 15) is 4.79 Å². The Morgan fingerprint density at radius 1 is 1.44 bits per heavy atom. The van der Waals surface area contributed by atoms with Gasteiger partial charge in [-0.2, -0.15) is 0 Å². The first-order chi connectivity index (χ1) is 7.54. The van der Waals surface area contributed by atoms with Crippen LogP contribution in [0.25, 0.3) is 0 Å². The van der Waals surface area contributed by atoms with Crippen LogP contribution in [0.4, 0.5) is 0 Å². The van der Waals surface area contributed by atoms with Gasteiger partial charge in [-0.1, -0.05) is 5.57 Å². The molecule has 0 saturated heterocycles. The molecule has 2 nitrogen and oxygen atoms in total. The highest BCUT2D eigenvalue weighted by atomic mass is 79.9. The smallest absolute Gasteiger partial charge is 0.150 e. The van der Waals surface area contributed by atoms with Crippen LogP contribution >= 0.6 is 31.9 Å². The average molecular weight is 348 g/mol. The van der Waals surface area contributed by atoms with Gasteiger partial charge in [0.15, 0.2) is 0 Å². The van der Waals surface area contributed by atoms with Crippen molar-refractivity contribution in [3.05, 3.63) is 38.8 Å². The van der Waals surface area contributed by atoms with Gasteiger partial charge in [0.2, 0.25) is 0 Å². The second-order valence-electron chi connectivity index (χ2n) is 3.49. The van der Waals surface area contributed by atoms with Crippen molar-refractivity contribution in [2.24, 2.45) is 0 Å². The van der Waals surface area contributed by atoms with Gasteiger partial charge in [0.25, 0.3) is 0 Å². The largest absolute Gasteiger partial charge is 0.491 e. The zero-order chi connectivity index (χ0) is 12.1. The Balaban J connectivity index is 2.80. The number of carbonyl (C=O) groups is 1. The minimum absolute atomic E-state index is 0.576.